The lowest BCUT2D eigenvalue weighted by Gasteiger charge is -2.51. The fraction of sp³-hybridized carbons (Fsp3) is 0.435. The van der Waals surface area contributed by atoms with E-state index in [2.05, 4.69) is 34.5 Å². The first kappa shape index (κ1) is 18.0. The Morgan fingerprint density at radius 1 is 1.44 bits per heavy atom. The summed E-state index contributed by atoms with van der Waals surface area (Å²) in [5.41, 5.74) is 2.09. The average molecular weight is 362 g/mol. The summed E-state index contributed by atoms with van der Waals surface area (Å²) in [7, 11) is 1.69. The van der Waals surface area contributed by atoms with E-state index in [1.54, 1.807) is 7.11 Å². The van der Waals surface area contributed by atoms with E-state index >= 15 is 0 Å². The molecule has 27 heavy (non-hydrogen) atoms. The third-order valence-corrected chi connectivity index (χ3v) is 6.14. The molecule has 0 spiro atoms. The van der Waals surface area contributed by atoms with Gasteiger partial charge in [-0.15, -0.1) is 13.0 Å². The smallest absolute Gasteiger partial charge is 0.119 e. The number of rotatable bonds is 6. The molecular weight excluding hydrogens is 336 g/mol. The Morgan fingerprint density at radius 2 is 2.33 bits per heavy atom. The number of terminal acetylenes is 1. The summed E-state index contributed by atoms with van der Waals surface area (Å²) in [5, 5.41) is 1.07. The summed E-state index contributed by atoms with van der Waals surface area (Å²) >= 11 is 0. The lowest BCUT2D eigenvalue weighted by atomic mass is 9.73. The van der Waals surface area contributed by atoms with E-state index in [9.17, 15) is 0 Å². The van der Waals surface area contributed by atoms with E-state index in [-0.39, 0.29) is 6.10 Å². The molecule has 2 bridgehead atoms. The zero-order valence-corrected chi connectivity index (χ0v) is 15.8. The summed E-state index contributed by atoms with van der Waals surface area (Å²) in [6.45, 7) is 6.51. The minimum atomic E-state index is -0.0766. The van der Waals surface area contributed by atoms with E-state index < -0.39 is 0 Å². The second-order valence-corrected chi connectivity index (χ2v) is 7.47. The molecule has 4 heterocycles. The van der Waals surface area contributed by atoms with Crippen LogP contribution < -0.4 is 4.74 Å². The number of benzene rings is 1. The van der Waals surface area contributed by atoms with Crippen LogP contribution in [0.4, 0.5) is 0 Å². The van der Waals surface area contributed by atoms with Crippen molar-refractivity contribution in [3.63, 3.8) is 0 Å². The van der Waals surface area contributed by atoms with Crippen molar-refractivity contribution in [2.75, 3.05) is 26.8 Å². The van der Waals surface area contributed by atoms with Crippen molar-refractivity contribution in [3.05, 3.63) is 48.7 Å². The number of pyridine rings is 1. The van der Waals surface area contributed by atoms with E-state index in [0.717, 1.165) is 41.7 Å². The van der Waals surface area contributed by atoms with Crippen LogP contribution >= 0.6 is 0 Å². The number of ether oxygens (including phenoxy) is 2. The second-order valence-electron chi connectivity index (χ2n) is 7.47. The normalized spacial score (nSPS) is 27.9. The molecular formula is C23H26N2O2. The van der Waals surface area contributed by atoms with Crippen molar-refractivity contribution in [1.82, 2.24) is 9.88 Å². The minimum absolute atomic E-state index is 0.0766. The van der Waals surface area contributed by atoms with Crippen LogP contribution in [0.2, 0.25) is 0 Å². The van der Waals surface area contributed by atoms with Gasteiger partial charge in [0.15, 0.2) is 0 Å². The fourth-order valence-electron chi connectivity index (χ4n) is 4.76. The third-order valence-electron chi connectivity index (χ3n) is 6.14. The molecule has 3 aliphatic rings. The van der Waals surface area contributed by atoms with Gasteiger partial charge in [0.25, 0.3) is 0 Å². The highest BCUT2D eigenvalue weighted by Gasteiger charge is 2.43. The first-order chi connectivity index (χ1) is 13.2. The van der Waals surface area contributed by atoms with Gasteiger partial charge in [-0.25, -0.2) is 0 Å². The van der Waals surface area contributed by atoms with Crippen molar-refractivity contribution in [3.8, 4) is 18.1 Å². The Morgan fingerprint density at radius 3 is 3.04 bits per heavy atom. The number of piperidine rings is 3. The van der Waals surface area contributed by atoms with Gasteiger partial charge in [0.2, 0.25) is 0 Å². The van der Waals surface area contributed by atoms with Gasteiger partial charge in [-0.1, -0.05) is 12.0 Å². The molecule has 0 radical (unpaired) electrons. The molecule has 4 heteroatoms. The van der Waals surface area contributed by atoms with Gasteiger partial charge in [-0.05, 0) is 61.1 Å². The van der Waals surface area contributed by atoms with Gasteiger partial charge in [-0.2, -0.15) is 0 Å². The van der Waals surface area contributed by atoms with Crippen LogP contribution in [0.5, 0.6) is 5.75 Å². The minimum Gasteiger partial charge on any atom is -0.497 e. The molecule has 0 N–H and O–H groups in total. The summed E-state index contributed by atoms with van der Waals surface area (Å²) in [6.07, 6.45) is 11.8. The lowest BCUT2D eigenvalue weighted by Crippen LogP contribution is -2.55. The van der Waals surface area contributed by atoms with Crippen LogP contribution in [0.15, 0.2) is 43.1 Å². The highest BCUT2D eigenvalue weighted by atomic mass is 16.5. The van der Waals surface area contributed by atoms with Crippen LogP contribution in [-0.2, 0) is 4.74 Å². The third kappa shape index (κ3) is 3.34. The van der Waals surface area contributed by atoms with Crippen LogP contribution in [0.25, 0.3) is 10.9 Å². The highest BCUT2D eigenvalue weighted by Crippen LogP contribution is 2.43. The number of fused-ring (bicyclic) bond motifs is 4. The zero-order chi connectivity index (χ0) is 18.8. The molecule has 140 valence electrons. The predicted octanol–water partition coefficient (Wildman–Crippen LogP) is 3.83. The summed E-state index contributed by atoms with van der Waals surface area (Å²) in [5.74, 6) is 4.73. The number of methoxy groups -OCH3 is 1. The quantitative estimate of drug-likeness (QED) is 0.578. The predicted molar refractivity (Wildman–Crippen MR) is 108 cm³/mol. The van der Waals surface area contributed by atoms with Crippen molar-refractivity contribution in [2.45, 2.75) is 25.0 Å². The molecule has 4 nitrogen and oxygen atoms in total. The Hall–Kier alpha value is -2.35. The molecule has 3 fully saturated rings. The van der Waals surface area contributed by atoms with Crippen molar-refractivity contribution < 1.29 is 9.47 Å². The molecule has 3 unspecified atom stereocenters. The Labute approximate surface area is 161 Å². The standard InChI is InChI=1S/C23H26N2O2/c1-4-12-27-23(22-13-17-9-11-25(22)15-16(17)5-2)19-8-10-24-21-7-6-18(26-3)14-20(19)21/h1,5-8,10,14,16-17,22-23H,2,9,11-13,15H2,3H3/t16?,17?,22-,23-/m1/s1. The zero-order valence-electron chi connectivity index (χ0n) is 15.8. The molecule has 5 rings (SSSR count). The average Bonchev–Trinajstić information content (AvgIpc) is 2.74. The van der Waals surface area contributed by atoms with Crippen molar-refractivity contribution in [2.24, 2.45) is 11.8 Å². The summed E-state index contributed by atoms with van der Waals surface area (Å²) in [4.78, 5) is 7.08. The molecule has 3 aliphatic heterocycles. The molecule has 2 aromatic rings. The van der Waals surface area contributed by atoms with Crippen LogP contribution in [0.3, 0.4) is 0 Å². The maximum absolute atomic E-state index is 6.25. The molecule has 0 amide bonds. The van der Waals surface area contributed by atoms with E-state index in [0.29, 0.717) is 24.5 Å². The van der Waals surface area contributed by atoms with E-state index in [4.69, 9.17) is 15.9 Å². The van der Waals surface area contributed by atoms with E-state index in [1.165, 1.54) is 6.42 Å². The molecule has 0 aliphatic carbocycles. The fourth-order valence-corrected chi connectivity index (χ4v) is 4.76. The van der Waals surface area contributed by atoms with Gasteiger partial charge in [0.05, 0.1) is 18.7 Å². The number of hydrogen-bond donors (Lipinski definition) is 0. The largest absolute Gasteiger partial charge is 0.497 e. The molecule has 5 atom stereocenters. The first-order valence-corrected chi connectivity index (χ1v) is 9.59. The van der Waals surface area contributed by atoms with Gasteiger partial charge < -0.3 is 9.47 Å². The van der Waals surface area contributed by atoms with Crippen LogP contribution in [0.1, 0.15) is 24.5 Å². The molecule has 0 saturated carbocycles. The molecule has 1 aromatic heterocycles. The number of nitrogens with zero attached hydrogens (tertiary/aromatic N) is 2. The monoisotopic (exact) mass is 362 g/mol. The summed E-state index contributed by atoms with van der Waals surface area (Å²) < 4.78 is 11.7. The Bertz CT molecular complexity index is 872. The Balaban J connectivity index is 1.74. The molecule has 3 saturated heterocycles. The molecule has 1 aromatic carbocycles. The van der Waals surface area contributed by atoms with Crippen molar-refractivity contribution in [1.29, 1.82) is 0 Å². The second kappa shape index (κ2) is 7.72. The SMILES string of the molecule is C#CCO[C@H](c1ccnc2ccc(OC)cc12)[C@H]1CC2CCN1CC2C=C. The van der Waals surface area contributed by atoms with Gasteiger partial charge >= 0.3 is 0 Å². The Kier molecular flexibility index (Phi) is 5.15. The van der Waals surface area contributed by atoms with Crippen molar-refractivity contribution >= 4 is 10.9 Å². The topological polar surface area (TPSA) is 34.6 Å². The highest BCUT2D eigenvalue weighted by molar-refractivity contribution is 5.84. The van der Waals surface area contributed by atoms with Crippen LogP contribution in [-0.4, -0.2) is 42.7 Å². The van der Waals surface area contributed by atoms with Crippen LogP contribution in [0, 0.1) is 24.2 Å². The van der Waals surface area contributed by atoms with E-state index in [1.807, 2.05) is 24.4 Å². The summed E-state index contributed by atoms with van der Waals surface area (Å²) in [6, 6.07) is 8.38. The first-order valence-electron chi connectivity index (χ1n) is 9.59. The number of hydrogen-bond acceptors (Lipinski definition) is 4. The number of aromatic nitrogens is 1. The van der Waals surface area contributed by atoms with Gasteiger partial charge in [-0.3, -0.25) is 9.88 Å². The maximum atomic E-state index is 6.25. The lowest BCUT2D eigenvalue weighted by molar-refractivity contribution is -0.0673. The van der Waals surface area contributed by atoms with Gasteiger partial charge in [0.1, 0.15) is 12.4 Å². The maximum Gasteiger partial charge on any atom is 0.119 e. The van der Waals surface area contributed by atoms with Gasteiger partial charge in [0, 0.05) is 24.2 Å².